The van der Waals surface area contributed by atoms with E-state index < -0.39 is 14.4 Å². The molecule has 0 spiro atoms. The third kappa shape index (κ3) is 6.28. The van der Waals surface area contributed by atoms with E-state index in [2.05, 4.69) is 91.5 Å². The highest BCUT2D eigenvalue weighted by Crippen LogP contribution is 2.47. The molecule has 216 valence electrons. The number of nitrogens with zero attached hydrogens (tertiary/aromatic N) is 1. The molecule has 6 heteroatoms. The molecule has 0 aromatic heterocycles. The first kappa shape index (κ1) is 31.0. The van der Waals surface area contributed by atoms with Gasteiger partial charge in [-0.15, -0.1) is 11.8 Å². The number of thioether (sulfide) groups is 1. The van der Waals surface area contributed by atoms with Crippen LogP contribution in [-0.4, -0.2) is 41.7 Å². The van der Waals surface area contributed by atoms with Crippen LogP contribution in [-0.2, 0) is 0 Å². The van der Waals surface area contributed by atoms with Crippen LogP contribution in [0.5, 0.6) is 5.75 Å². The molecule has 2 bridgehead atoms. The minimum atomic E-state index is -2.05. The first-order valence-electron chi connectivity index (χ1n) is 15.0. The molecule has 4 atom stereocenters. The van der Waals surface area contributed by atoms with Gasteiger partial charge < -0.3 is 9.53 Å². The second-order valence-electron chi connectivity index (χ2n) is 13.1. The molecule has 2 aromatic rings. The Labute approximate surface area is 248 Å². The summed E-state index contributed by atoms with van der Waals surface area (Å²) in [5.74, 6) is 1.04. The Morgan fingerprint density at radius 2 is 1.36 bits per heavy atom. The molecule has 4 rings (SSSR count). The lowest BCUT2D eigenvalue weighted by atomic mass is 9.93. The average molecular weight is 588 g/mol. The zero-order chi connectivity index (χ0) is 28.6. The van der Waals surface area contributed by atoms with E-state index in [0.717, 1.165) is 27.5 Å². The Morgan fingerprint density at radius 1 is 0.872 bits per heavy atom. The maximum atomic E-state index is 11.7. The van der Waals surface area contributed by atoms with Gasteiger partial charge in [0.2, 0.25) is 0 Å². The van der Waals surface area contributed by atoms with Gasteiger partial charge in [-0.05, 0) is 116 Å². The van der Waals surface area contributed by atoms with Crippen molar-refractivity contribution in [2.45, 2.75) is 139 Å². The summed E-state index contributed by atoms with van der Waals surface area (Å²) >= 11 is 8.09. The molecule has 2 saturated heterocycles. The summed E-state index contributed by atoms with van der Waals surface area (Å²) in [4.78, 5) is 3.95. The predicted molar refractivity (Wildman–Crippen MR) is 171 cm³/mol. The molecular formula is C33H50ClNO2SSi. The van der Waals surface area contributed by atoms with E-state index in [1.807, 2.05) is 23.9 Å². The van der Waals surface area contributed by atoms with Gasteiger partial charge in [0.25, 0.3) is 8.32 Å². The molecule has 2 heterocycles. The molecule has 2 aliphatic rings. The van der Waals surface area contributed by atoms with Crippen LogP contribution in [0.2, 0.25) is 21.6 Å². The number of rotatable bonds is 10. The van der Waals surface area contributed by atoms with Crippen molar-refractivity contribution < 1.29 is 9.53 Å². The zero-order valence-corrected chi connectivity index (χ0v) is 28.1. The normalized spacial score (nSPS) is 23.6. The number of benzene rings is 2. The molecule has 0 saturated carbocycles. The van der Waals surface area contributed by atoms with Crippen LogP contribution in [0.15, 0.2) is 41.3 Å². The van der Waals surface area contributed by atoms with Gasteiger partial charge in [-0.3, -0.25) is 4.90 Å². The van der Waals surface area contributed by atoms with Crippen molar-refractivity contribution >= 4 is 31.7 Å². The molecule has 4 unspecified atom stereocenters. The molecule has 2 aliphatic heterocycles. The van der Waals surface area contributed by atoms with Gasteiger partial charge in [0.15, 0.2) is 0 Å². The van der Waals surface area contributed by atoms with Crippen molar-refractivity contribution in [1.82, 2.24) is 4.90 Å². The molecule has 0 radical (unpaired) electrons. The van der Waals surface area contributed by atoms with Crippen molar-refractivity contribution in [1.29, 1.82) is 0 Å². The van der Waals surface area contributed by atoms with Gasteiger partial charge in [0, 0.05) is 33.3 Å². The fraction of sp³-hybridized carbons (Fsp3) is 0.636. The lowest BCUT2D eigenvalue weighted by Gasteiger charge is -2.44. The lowest BCUT2D eigenvalue weighted by Crippen LogP contribution is -2.51. The third-order valence-corrected chi connectivity index (χ3v) is 17.1. The highest BCUT2D eigenvalue weighted by Gasteiger charge is 2.48. The molecule has 1 N–H and O–H groups in total. The molecule has 0 aliphatic carbocycles. The zero-order valence-electron chi connectivity index (χ0n) is 25.5. The molecule has 2 aromatic carbocycles. The van der Waals surface area contributed by atoms with Gasteiger partial charge in [0.1, 0.15) is 5.75 Å². The molecule has 39 heavy (non-hydrogen) atoms. The van der Waals surface area contributed by atoms with E-state index in [-0.39, 0.29) is 6.04 Å². The van der Waals surface area contributed by atoms with E-state index in [0.29, 0.717) is 34.0 Å². The van der Waals surface area contributed by atoms with Crippen molar-refractivity contribution in [2.24, 2.45) is 0 Å². The van der Waals surface area contributed by atoms with Crippen LogP contribution >= 0.6 is 23.4 Å². The second kappa shape index (κ2) is 12.5. The van der Waals surface area contributed by atoms with Gasteiger partial charge in [-0.25, -0.2) is 0 Å². The highest BCUT2D eigenvalue weighted by atomic mass is 35.5. The van der Waals surface area contributed by atoms with E-state index >= 15 is 0 Å². The highest BCUT2D eigenvalue weighted by molar-refractivity contribution is 8.00. The van der Waals surface area contributed by atoms with Crippen molar-refractivity contribution in [2.75, 3.05) is 0 Å². The lowest BCUT2D eigenvalue weighted by molar-refractivity contribution is 0.0114. The maximum Gasteiger partial charge on any atom is 0.258 e. The smallest absolute Gasteiger partial charge is 0.258 e. The standard InChI is InChI=1S/C33H50ClNO2SSi/c1-20(2)39(21(3)4,22(5)6)37-33-23(7)16-26(17-24(33)8)32(36)25(9)35-28-12-13-29(35)19-31(18-28)38-30-14-10-27(34)11-15-30/h10-11,14-17,20-22,25,28-29,31-32,36H,12-13,18-19H2,1-9H3. The summed E-state index contributed by atoms with van der Waals surface area (Å²) in [6.45, 7) is 20.6. The summed E-state index contributed by atoms with van der Waals surface area (Å²) < 4.78 is 7.11. The Morgan fingerprint density at radius 3 is 1.82 bits per heavy atom. The first-order valence-corrected chi connectivity index (χ1v) is 18.4. The first-order chi connectivity index (χ1) is 18.3. The number of aryl methyl sites for hydroxylation is 2. The quantitative estimate of drug-likeness (QED) is 0.280. The maximum absolute atomic E-state index is 11.7. The van der Waals surface area contributed by atoms with Crippen LogP contribution in [0.1, 0.15) is 96.9 Å². The number of piperidine rings is 1. The minimum absolute atomic E-state index is 0.0880. The summed E-state index contributed by atoms with van der Waals surface area (Å²) in [6, 6.07) is 13.8. The van der Waals surface area contributed by atoms with Crippen molar-refractivity contribution in [3.05, 3.63) is 58.1 Å². The molecule has 3 nitrogen and oxygen atoms in total. The fourth-order valence-electron chi connectivity index (χ4n) is 7.92. The number of halogens is 1. The van der Waals surface area contributed by atoms with Gasteiger partial charge >= 0.3 is 0 Å². The average Bonchev–Trinajstić information content (AvgIpc) is 3.13. The van der Waals surface area contributed by atoms with Gasteiger partial charge in [-0.1, -0.05) is 53.1 Å². The van der Waals surface area contributed by atoms with Gasteiger partial charge in [-0.2, -0.15) is 0 Å². The summed E-state index contributed by atoms with van der Waals surface area (Å²) in [5.41, 5.74) is 4.90. The van der Waals surface area contributed by atoms with Crippen LogP contribution in [0.3, 0.4) is 0 Å². The van der Waals surface area contributed by atoms with Gasteiger partial charge in [0.05, 0.1) is 6.10 Å². The SMILES string of the molecule is Cc1cc(C(O)C(C)N2C3CCC2CC(Sc2ccc(Cl)cc2)C3)cc(C)c1O[Si](C(C)C)(C(C)C)C(C)C. The molecule has 0 amide bonds. The largest absolute Gasteiger partial charge is 0.542 e. The number of fused-ring (bicyclic) bond motifs is 2. The third-order valence-electron chi connectivity index (χ3n) is 9.60. The van der Waals surface area contributed by atoms with Crippen LogP contribution in [0, 0.1) is 13.8 Å². The monoisotopic (exact) mass is 587 g/mol. The predicted octanol–water partition coefficient (Wildman–Crippen LogP) is 9.72. The topological polar surface area (TPSA) is 32.7 Å². The second-order valence-corrected chi connectivity index (χ2v) is 20.3. The number of aliphatic hydroxyl groups excluding tert-OH is 1. The van der Waals surface area contributed by atoms with Crippen LogP contribution in [0.25, 0.3) is 0 Å². The van der Waals surface area contributed by atoms with Crippen LogP contribution < -0.4 is 4.43 Å². The summed E-state index contributed by atoms with van der Waals surface area (Å²) in [7, 11) is -2.05. The Bertz CT molecular complexity index is 1060. The molecule has 2 fully saturated rings. The van der Waals surface area contributed by atoms with Crippen molar-refractivity contribution in [3.63, 3.8) is 0 Å². The Hall–Kier alpha value is -0.983. The number of hydrogen-bond acceptors (Lipinski definition) is 4. The van der Waals surface area contributed by atoms with Crippen molar-refractivity contribution in [3.8, 4) is 5.75 Å². The van der Waals surface area contributed by atoms with E-state index in [1.165, 1.54) is 30.6 Å². The van der Waals surface area contributed by atoms with E-state index in [4.69, 9.17) is 16.0 Å². The van der Waals surface area contributed by atoms with E-state index in [9.17, 15) is 5.11 Å². The Balaban J connectivity index is 1.49. The fourth-order valence-corrected chi connectivity index (χ4v) is 14.7. The number of aliphatic hydroxyl groups is 1. The summed E-state index contributed by atoms with van der Waals surface area (Å²) in [5, 5.41) is 13.1. The Kier molecular flexibility index (Phi) is 9.91. The summed E-state index contributed by atoms with van der Waals surface area (Å²) in [6.07, 6.45) is 4.31. The molecular weight excluding hydrogens is 538 g/mol. The number of hydrogen-bond donors (Lipinski definition) is 1. The van der Waals surface area contributed by atoms with E-state index in [1.54, 1.807) is 0 Å². The van der Waals surface area contributed by atoms with Crippen LogP contribution in [0.4, 0.5) is 0 Å². The minimum Gasteiger partial charge on any atom is -0.542 e.